The molecule has 0 bridgehead atoms. The Morgan fingerprint density at radius 3 is 2.94 bits per heavy atom. The summed E-state index contributed by atoms with van der Waals surface area (Å²) in [5.41, 5.74) is 1.72. The van der Waals surface area contributed by atoms with Crippen molar-refractivity contribution in [1.29, 1.82) is 0 Å². The summed E-state index contributed by atoms with van der Waals surface area (Å²) in [5.74, 6) is 0.619. The maximum atomic E-state index is 11.7. The molecule has 0 saturated carbocycles. The third kappa shape index (κ3) is 3.29. The van der Waals surface area contributed by atoms with E-state index in [9.17, 15) is 4.79 Å². The van der Waals surface area contributed by atoms with Gasteiger partial charge in [-0.3, -0.25) is 9.78 Å². The van der Waals surface area contributed by atoms with Gasteiger partial charge in [-0.1, -0.05) is 26.0 Å². The predicted molar refractivity (Wildman–Crippen MR) is 74.4 cm³/mol. The fourth-order valence-corrected chi connectivity index (χ4v) is 1.79. The molecule has 0 spiro atoms. The summed E-state index contributed by atoms with van der Waals surface area (Å²) in [6.07, 6.45) is 3.24. The monoisotopic (exact) mass is 242 g/mol. The van der Waals surface area contributed by atoms with Gasteiger partial charge in [-0.25, -0.2) is 0 Å². The van der Waals surface area contributed by atoms with Crippen molar-refractivity contribution < 1.29 is 4.79 Å². The van der Waals surface area contributed by atoms with Gasteiger partial charge in [0.2, 0.25) is 5.91 Å². The highest BCUT2D eigenvalue weighted by Gasteiger charge is 2.04. The van der Waals surface area contributed by atoms with E-state index >= 15 is 0 Å². The van der Waals surface area contributed by atoms with Crippen molar-refractivity contribution in [3.63, 3.8) is 0 Å². The van der Waals surface area contributed by atoms with Gasteiger partial charge in [-0.05, 0) is 30.5 Å². The first-order valence-corrected chi connectivity index (χ1v) is 6.30. The van der Waals surface area contributed by atoms with Crippen LogP contribution in [0.25, 0.3) is 10.9 Å². The number of anilines is 1. The Morgan fingerprint density at radius 1 is 1.33 bits per heavy atom. The van der Waals surface area contributed by atoms with Crippen molar-refractivity contribution in [3.8, 4) is 0 Å². The van der Waals surface area contributed by atoms with Gasteiger partial charge in [0.1, 0.15) is 0 Å². The molecular weight excluding hydrogens is 224 g/mol. The first-order chi connectivity index (χ1) is 8.65. The Bertz CT molecular complexity index is 549. The standard InChI is InChI=1S/C15H18N2O/c1-11(2)5-8-15(18)17-13-7-6-12-4-3-9-16-14(12)10-13/h3-4,6-7,9-11H,5,8H2,1-2H3,(H,17,18). The molecule has 3 heteroatoms. The van der Waals surface area contributed by atoms with Gasteiger partial charge in [0.25, 0.3) is 0 Å². The normalized spacial score (nSPS) is 10.8. The van der Waals surface area contributed by atoms with Crippen LogP contribution in [0.1, 0.15) is 26.7 Å². The Morgan fingerprint density at radius 2 is 2.17 bits per heavy atom. The van der Waals surface area contributed by atoms with Crippen LogP contribution >= 0.6 is 0 Å². The molecule has 3 nitrogen and oxygen atoms in total. The number of carbonyl (C=O) groups is 1. The van der Waals surface area contributed by atoms with Gasteiger partial charge < -0.3 is 5.32 Å². The van der Waals surface area contributed by atoms with E-state index in [4.69, 9.17) is 0 Å². The third-order valence-corrected chi connectivity index (χ3v) is 2.84. The molecule has 18 heavy (non-hydrogen) atoms. The zero-order valence-electron chi connectivity index (χ0n) is 10.8. The molecule has 0 aliphatic heterocycles. The largest absolute Gasteiger partial charge is 0.326 e. The number of fused-ring (bicyclic) bond motifs is 1. The molecule has 0 saturated heterocycles. The SMILES string of the molecule is CC(C)CCC(=O)Nc1ccc2cccnc2c1. The number of hydrogen-bond acceptors (Lipinski definition) is 2. The fraction of sp³-hybridized carbons (Fsp3) is 0.333. The average Bonchev–Trinajstić information content (AvgIpc) is 2.36. The zero-order chi connectivity index (χ0) is 13.0. The molecule has 0 unspecified atom stereocenters. The number of pyridine rings is 1. The average molecular weight is 242 g/mol. The Labute approximate surface area is 107 Å². The van der Waals surface area contributed by atoms with Crippen LogP contribution in [0.3, 0.4) is 0 Å². The summed E-state index contributed by atoms with van der Waals surface area (Å²) in [6.45, 7) is 4.24. The number of carbonyl (C=O) groups excluding carboxylic acids is 1. The summed E-state index contributed by atoms with van der Waals surface area (Å²) in [7, 11) is 0. The van der Waals surface area contributed by atoms with Gasteiger partial charge in [-0.15, -0.1) is 0 Å². The molecule has 0 aliphatic carbocycles. The first-order valence-electron chi connectivity index (χ1n) is 6.30. The number of nitrogens with zero attached hydrogens (tertiary/aromatic N) is 1. The Kier molecular flexibility index (Phi) is 3.92. The van der Waals surface area contributed by atoms with Crippen LogP contribution in [0, 0.1) is 5.92 Å². The Hall–Kier alpha value is -1.90. The van der Waals surface area contributed by atoms with Gasteiger partial charge >= 0.3 is 0 Å². The maximum Gasteiger partial charge on any atom is 0.224 e. The quantitative estimate of drug-likeness (QED) is 0.889. The lowest BCUT2D eigenvalue weighted by Crippen LogP contribution is -2.12. The second-order valence-corrected chi connectivity index (χ2v) is 4.89. The molecule has 1 N–H and O–H groups in total. The molecule has 2 rings (SSSR count). The summed E-state index contributed by atoms with van der Waals surface area (Å²) >= 11 is 0. The van der Waals surface area contributed by atoms with E-state index < -0.39 is 0 Å². The topological polar surface area (TPSA) is 42.0 Å². The van der Waals surface area contributed by atoms with Crippen molar-refractivity contribution in [3.05, 3.63) is 36.5 Å². The second kappa shape index (κ2) is 5.63. The Balaban J connectivity index is 2.05. The smallest absolute Gasteiger partial charge is 0.224 e. The molecule has 1 aromatic heterocycles. The fourth-order valence-electron chi connectivity index (χ4n) is 1.79. The molecule has 0 atom stereocenters. The molecule has 1 heterocycles. The molecule has 0 radical (unpaired) electrons. The van der Waals surface area contributed by atoms with Crippen molar-refractivity contribution in [2.24, 2.45) is 5.92 Å². The van der Waals surface area contributed by atoms with Gasteiger partial charge in [0.05, 0.1) is 5.52 Å². The second-order valence-electron chi connectivity index (χ2n) is 4.89. The zero-order valence-corrected chi connectivity index (χ0v) is 10.8. The third-order valence-electron chi connectivity index (χ3n) is 2.84. The lowest BCUT2D eigenvalue weighted by molar-refractivity contribution is -0.116. The molecule has 1 aromatic carbocycles. The van der Waals surface area contributed by atoms with Crippen molar-refractivity contribution in [2.45, 2.75) is 26.7 Å². The molecule has 0 fully saturated rings. The van der Waals surface area contributed by atoms with E-state index in [1.54, 1.807) is 6.20 Å². The van der Waals surface area contributed by atoms with E-state index in [-0.39, 0.29) is 5.91 Å². The number of rotatable bonds is 4. The van der Waals surface area contributed by atoms with Gasteiger partial charge in [-0.2, -0.15) is 0 Å². The lowest BCUT2D eigenvalue weighted by Gasteiger charge is -2.07. The molecule has 2 aromatic rings. The highest BCUT2D eigenvalue weighted by atomic mass is 16.1. The minimum atomic E-state index is 0.0685. The number of hydrogen-bond donors (Lipinski definition) is 1. The summed E-state index contributed by atoms with van der Waals surface area (Å²) in [4.78, 5) is 16.0. The van der Waals surface area contributed by atoms with Crippen molar-refractivity contribution >= 4 is 22.5 Å². The number of benzene rings is 1. The minimum Gasteiger partial charge on any atom is -0.326 e. The lowest BCUT2D eigenvalue weighted by atomic mass is 10.1. The minimum absolute atomic E-state index is 0.0685. The molecular formula is C15H18N2O. The van der Waals surface area contributed by atoms with Gasteiger partial charge in [0, 0.05) is 23.7 Å². The summed E-state index contributed by atoms with van der Waals surface area (Å²) in [5, 5.41) is 3.99. The van der Waals surface area contributed by atoms with E-state index in [0.717, 1.165) is 23.0 Å². The molecule has 0 aliphatic rings. The van der Waals surface area contributed by atoms with E-state index in [1.807, 2.05) is 30.3 Å². The van der Waals surface area contributed by atoms with E-state index in [1.165, 1.54) is 0 Å². The van der Waals surface area contributed by atoms with Crippen molar-refractivity contribution in [2.75, 3.05) is 5.32 Å². The summed E-state index contributed by atoms with van der Waals surface area (Å²) < 4.78 is 0. The first kappa shape index (κ1) is 12.6. The number of aromatic nitrogens is 1. The summed E-state index contributed by atoms with van der Waals surface area (Å²) in [6, 6.07) is 9.70. The van der Waals surface area contributed by atoms with Crippen LogP contribution in [0.5, 0.6) is 0 Å². The van der Waals surface area contributed by atoms with Crippen LogP contribution in [-0.4, -0.2) is 10.9 Å². The van der Waals surface area contributed by atoms with Crippen LogP contribution in [-0.2, 0) is 4.79 Å². The van der Waals surface area contributed by atoms with Crippen LogP contribution < -0.4 is 5.32 Å². The van der Waals surface area contributed by atoms with E-state index in [0.29, 0.717) is 12.3 Å². The molecule has 1 amide bonds. The number of amides is 1. The highest BCUT2D eigenvalue weighted by molar-refractivity contribution is 5.93. The maximum absolute atomic E-state index is 11.7. The van der Waals surface area contributed by atoms with Crippen LogP contribution in [0.2, 0.25) is 0 Å². The number of nitrogens with one attached hydrogen (secondary N) is 1. The van der Waals surface area contributed by atoms with Crippen LogP contribution in [0.15, 0.2) is 36.5 Å². The highest BCUT2D eigenvalue weighted by Crippen LogP contribution is 2.17. The van der Waals surface area contributed by atoms with Crippen LogP contribution in [0.4, 0.5) is 5.69 Å². The predicted octanol–water partition coefficient (Wildman–Crippen LogP) is 3.61. The van der Waals surface area contributed by atoms with E-state index in [2.05, 4.69) is 24.1 Å². The van der Waals surface area contributed by atoms with Gasteiger partial charge in [0.15, 0.2) is 0 Å². The van der Waals surface area contributed by atoms with Crippen molar-refractivity contribution in [1.82, 2.24) is 4.98 Å². The molecule has 94 valence electrons.